The van der Waals surface area contributed by atoms with Gasteiger partial charge in [-0.1, -0.05) is 118 Å². The summed E-state index contributed by atoms with van der Waals surface area (Å²) in [4.78, 5) is 0. The van der Waals surface area contributed by atoms with Crippen molar-refractivity contribution in [3.8, 4) is 22.3 Å². The van der Waals surface area contributed by atoms with E-state index in [1.54, 1.807) is 0 Å². The summed E-state index contributed by atoms with van der Waals surface area (Å²) >= 11 is 0. The highest BCUT2D eigenvalue weighted by atomic mass is 14.9. The van der Waals surface area contributed by atoms with Crippen molar-refractivity contribution in [1.82, 2.24) is 4.40 Å². The minimum atomic E-state index is 0.493. The van der Waals surface area contributed by atoms with Crippen LogP contribution in [0.25, 0.3) is 81.9 Å². The minimum absolute atomic E-state index is 0.493. The maximum atomic E-state index is 2.54. The Hall–Kier alpha value is -5.14. The quantitative estimate of drug-likeness (QED) is 0.192. The van der Waals surface area contributed by atoms with E-state index in [1.165, 1.54) is 98.6 Å². The normalized spacial score (nSPS) is 12.4. The third-order valence-corrected chi connectivity index (χ3v) is 10.3. The molecular weight excluding hydrogens is 555 g/mol. The lowest BCUT2D eigenvalue weighted by molar-refractivity contribution is 0.869. The van der Waals surface area contributed by atoms with Crippen molar-refractivity contribution in [2.75, 3.05) is 0 Å². The van der Waals surface area contributed by atoms with Gasteiger partial charge in [0.25, 0.3) is 0 Å². The first-order valence-corrected chi connectivity index (χ1v) is 16.6. The highest BCUT2D eigenvalue weighted by molar-refractivity contribution is 6.27. The lowest BCUT2D eigenvalue weighted by Gasteiger charge is -2.13. The van der Waals surface area contributed by atoms with Gasteiger partial charge in [0.1, 0.15) is 0 Å². The SMILES string of the molecule is Cc1ccc(-c2ccccc2)c(-c2cc3c4cc5cc(C(C)C)ccc5cc4n4c5cc6ccc(C(C)C)cc6cc5c(c2)c34)c1. The molecule has 0 N–H and O–H groups in total. The van der Waals surface area contributed by atoms with E-state index in [4.69, 9.17) is 0 Å². The van der Waals surface area contributed by atoms with Crippen LogP contribution in [0.1, 0.15) is 56.2 Å². The van der Waals surface area contributed by atoms with Gasteiger partial charge in [-0.05, 0) is 110 Å². The maximum absolute atomic E-state index is 2.54. The second kappa shape index (κ2) is 9.93. The van der Waals surface area contributed by atoms with E-state index in [2.05, 4.69) is 160 Å². The number of hydrogen-bond donors (Lipinski definition) is 0. The average Bonchev–Trinajstić information content (AvgIpc) is 3.56. The topological polar surface area (TPSA) is 4.41 Å². The van der Waals surface area contributed by atoms with E-state index >= 15 is 0 Å². The smallest absolute Gasteiger partial charge is 0.0620 e. The third-order valence-electron chi connectivity index (χ3n) is 10.3. The maximum Gasteiger partial charge on any atom is 0.0620 e. The van der Waals surface area contributed by atoms with Crippen LogP contribution in [0.3, 0.4) is 0 Å². The zero-order chi connectivity index (χ0) is 31.3. The summed E-state index contributed by atoms with van der Waals surface area (Å²) in [5, 5.41) is 10.5. The number of nitrogens with zero attached hydrogens (tertiary/aromatic N) is 1. The van der Waals surface area contributed by atoms with Gasteiger partial charge in [-0.15, -0.1) is 0 Å². The first kappa shape index (κ1) is 27.2. The molecule has 0 aliphatic carbocycles. The molecule has 1 heteroatoms. The zero-order valence-electron chi connectivity index (χ0n) is 27.1. The molecule has 0 saturated heterocycles. The Bertz CT molecular complexity index is 2500. The summed E-state index contributed by atoms with van der Waals surface area (Å²) in [7, 11) is 0. The molecule has 0 unspecified atom stereocenters. The standard InChI is InChI=1S/C45H37N/c1-26(2)30-12-14-32-24-43-39(20-34(32)18-30)41-22-36(38-17-28(5)11-16-37(38)29-9-7-6-8-10-29)23-42-40-21-35-19-31(27(3)4)13-15-33(35)25-44(40)46(43)45(41)42/h6-27H,1-5H3. The average molecular weight is 592 g/mol. The molecule has 0 spiro atoms. The molecule has 0 atom stereocenters. The summed E-state index contributed by atoms with van der Waals surface area (Å²) < 4.78 is 2.54. The van der Waals surface area contributed by atoms with Crippen molar-refractivity contribution in [2.24, 2.45) is 0 Å². The van der Waals surface area contributed by atoms with Gasteiger partial charge in [0.05, 0.1) is 16.6 Å². The van der Waals surface area contributed by atoms with Crippen molar-refractivity contribution in [2.45, 2.75) is 46.5 Å². The third kappa shape index (κ3) is 4.01. The Balaban J connectivity index is 1.44. The molecule has 0 bridgehead atoms. The number of hydrogen-bond acceptors (Lipinski definition) is 0. The number of benzene rings is 7. The van der Waals surface area contributed by atoms with E-state index in [1.807, 2.05) is 0 Å². The van der Waals surface area contributed by atoms with Crippen molar-refractivity contribution >= 4 is 59.6 Å². The van der Waals surface area contributed by atoms with E-state index in [9.17, 15) is 0 Å². The van der Waals surface area contributed by atoms with Crippen molar-refractivity contribution < 1.29 is 0 Å². The van der Waals surface area contributed by atoms with Gasteiger partial charge in [0, 0.05) is 21.5 Å². The second-order valence-electron chi connectivity index (χ2n) is 13.9. The van der Waals surface area contributed by atoms with Gasteiger partial charge in [-0.3, -0.25) is 0 Å². The highest BCUT2D eigenvalue weighted by Crippen LogP contribution is 2.45. The number of rotatable bonds is 4. The zero-order valence-corrected chi connectivity index (χ0v) is 27.1. The lowest BCUT2D eigenvalue weighted by Crippen LogP contribution is -1.88. The van der Waals surface area contributed by atoms with Gasteiger partial charge in [0.15, 0.2) is 0 Å². The Kier molecular flexibility index (Phi) is 5.87. The fraction of sp³-hybridized carbons (Fsp3) is 0.156. The van der Waals surface area contributed by atoms with E-state index in [0.29, 0.717) is 11.8 Å². The largest absolute Gasteiger partial charge is 0.308 e. The van der Waals surface area contributed by atoms with E-state index < -0.39 is 0 Å². The monoisotopic (exact) mass is 591 g/mol. The van der Waals surface area contributed by atoms with Crippen LogP contribution in [-0.2, 0) is 0 Å². The Morgan fingerprint density at radius 2 is 1.00 bits per heavy atom. The van der Waals surface area contributed by atoms with Crippen LogP contribution in [0.2, 0.25) is 0 Å². The summed E-state index contributed by atoms with van der Waals surface area (Å²) in [5.74, 6) is 0.986. The van der Waals surface area contributed by atoms with Gasteiger partial charge in [-0.2, -0.15) is 0 Å². The van der Waals surface area contributed by atoms with Crippen LogP contribution in [0.15, 0.2) is 121 Å². The molecule has 0 radical (unpaired) electrons. The van der Waals surface area contributed by atoms with Gasteiger partial charge in [-0.25, -0.2) is 0 Å². The molecule has 0 aliphatic rings. The van der Waals surface area contributed by atoms with Crippen molar-refractivity contribution in [1.29, 1.82) is 0 Å². The summed E-state index contributed by atoms with van der Waals surface area (Å²) in [6.45, 7) is 11.3. The molecule has 0 amide bonds. The molecule has 222 valence electrons. The molecule has 7 aromatic carbocycles. The summed E-state index contributed by atoms with van der Waals surface area (Å²) in [5.41, 5.74) is 13.0. The molecule has 1 nitrogen and oxygen atoms in total. The van der Waals surface area contributed by atoms with Crippen LogP contribution in [0.5, 0.6) is 0 Å². The number of fused-ring (bicyclic) bond motifs is 8. The van der Waals surface area contributed by atoms with Gasteiger partial charge in [0.2, 0.25) is 0 Å². The second-order valence-corrected chi connectivity index (χ2v) is 13.9. The Labute approximate surface area is 270 Å². The summed E-state index contributed by atoms with van der Waals surface area (Å²) in [6, 6.07) is 46.4. The van der Waals surface area contributed by atoms with Crippen LogP contribution in [0.4, 0.5) is 0 Å². The van der Waals surface area contributed by atoms with Crippen LogP contribution in [0, 0.1) is 6.92 Å². The molecule has 46 heavy (non-hydrogen) atoms. The van der Waals surface area contributed by atoms with Gasteiger partial charge < -0.3 is 4.40 Å². The molecule has 0 fully saturated rings. The number of aromatic nitrogens is 1. The van der Waals surface area contributed by atoms with Gasteiger partial charge >= 0.3 is 0 Å². The predicted octanol–water partition coefficient (Wildman–Crippen LogP) is 13.0. The lowest BCUT2D eigenvalue weighted by atomic mass is 9.91. The Morgan fingerprint density at radius 3 is 1.54 bits per heavy atom. The van der Waals surface area contributed by atoms with Crippen LogP contribution >= 0.6 is 0 Å². The highest BCUT2D eigenvalue weighted by Gasteiger charge is 2.21. The molecule has 0 aliphatic heterocycles. The molecule has 9 aromatic rings. The molecule has 2 aromatic heterocycles. The van der Waals surface area contributed by atoms with Crippen molar-refractivity contribution in [3.63, 3.8) is 0 Å². The van der Waals surface area contributed by atoms with E-state index in [-0.39, 0.29) is 0 Å². The van der Waals surface area contributed by atoms with Crippen LogP contribution in [-0.4, -0.2) is 4.40 Å². The summed E-state index contributed by atoms with van der Waals surface area (Å²) in [6.07, 6.45) is 0. The van der Waals surface area contributed by atoms with E-state index in [0.717, 1.165) is 0 Å². The van der Waals surface area contributed by atoms with Crippen LogP contribution < -0.4 is 0 Å². The first-order valence-electron chi connectivity index (χ1n) is 16.6. The fourth-order valence-corrected chi connectivity index (χ4v) is 7.71. The first-order chi connectivity index (χ1) is 22.3. The molecule has 0 saturated carbocycles. The minimum Gasteiger partial charge on any atom is -0.308 e. The molecule has 9 rings (SSSR count). The number of aryl methyl sites for hydroxylation is 1. The molecular formula is C45H37N. The molecule has 2 heterocycles. The Morgan fingerprint density at radius 1 is 0.435 bits per heavy atom. The fourth-order valence-electron chi connectivity index (χ4n) is 7.71. The predicted molar refractivity (Wildman–Crippen MR) is 200 cm³/mol. The van der Waals surface area contributed by atoms with Crippen molar-refractivity contribution in [3.05, 3.63) is 138 Å².